The van der Waals surface area contributed by atoms with Crippen LogP contribution in [0, 0.1) is 0 Å². The maximum absolute atomic E-state index is 11.5. The van der Waals surface area contributed by atoms with Crippen LogP contribution in [-0.4, -0.2) is 24.9 Å². The molecule has 0 heterocycles. The molecule has 0 aliphatic rings. The number of ether oxygens (including phenoxy) is 2. The molecule has 1 amide bonds. The summed E-state index contributed by atoms with van der Waals surface area (Å²) >= 11 is 0. The van der Waals surface area contributed by atoms with E-state index >= 15 is 0 Å². The molecule has 0 aromatic heterocycles. The summed E-state index contributed by atoms with van der Waals surface area (Å²) in [5.74, 6) is 1.05. The van der Waals surface area contributed by atoms with E-state index in [1.165, 1.54) is 0 Å². The highest BCUT2D eigenvalue weighted by atomic mass is 16.6. The van der Waals surface area contributed by atoms with E-state index in [1.807, 2.05) is 38.1 Å². The number of carbonyl (C=O) groups excluding carboxylic acids is 1. The van der Waals surface area contributed by atoms with Crippen LogP contribution in [0.15, 0.2) is 48.5 Å². The third kappa shape index (κ3) is 3.68. The first kappa shape index (κ1) is 17.8. The second-order valence-corrected chi connectivity index (χ2v) is 5.36. The minimum atomic E-state index is -1.18. The van der Waals surface area contributed by atoms with Gasteiger partial charge in [0.05, 0.1) is 7.11 Å². The van der Waals surface area contributed by atoms with Crippen molar-refractivity contribution in [1.82, 2.24) is 5.32 Å². The largest absolute Gasteiger partial charge is 0.496 e. The lowest BCUT2D eigenvalue weighted by Gasteiger charge is -2.29. The summed E-state index contributed by atoms with van der Waals surface area (Å²) in [4.78, 5) is 11.5. The Kier molecular flexibility index (Phi) is 5.82. The van der Waals surface area contributed by atoms with Crippen LogP contribution in [0.1, 0.15) is 31.4 Å². The summed E-state index contributed by atoms with van der Waals surface area (Å²) in [5, 5.41) is 13.8. The molecule has 0 radical (unpaired) electrons. The summed E-state index contributed by atoms with van der Waals surface area (Å²) in [5.41, 5.74) is 0.224. The first-order chi connectivity index (χ1) is 11.5. The molecule has 0 saturated carbocycles. The molecule has 2 aromatic rings. The number of hydrogen-bond acceptors (Lipinski definition) is 4. The maximum Gasteiger partial charge on any atom is 0.412 e. The zero-order chi connectivity index (χ0) is 17.6. The van der Waals surface area contributed by atoms with Crippen molar-refractivity contribution in [3.63, 3.8) is 0 Å². The molecule has 0 aliphatic heterocycles. The van der Waals surface area contributed by atoms with Crippen LogP contribution >= 0.6 is 0 Å². The number of aliphatic hydroxyl groups is 1. The molecule has 0 spiro atoms. The SMILES string of the molecule is CCNC(=O)Oc1ccc(C(O)(CC)c2ccccc2OC)cc1. The number of benzene rings is 2. The average Bonchev–Trinajstić information content (AvgIpc) is 2.61. The fraction of sp³-hybridized carbons (Fsp3) is 0.316. The third-order valence-corrected chi connectivity index (χ3v) is 3.93. The zero-order valence-corrected chi connectivity index (χ0v) is 14.2. The van der Waals surface area contributed by atoms with Gasteiger partial charge < -0.3 is 19.9 Å². The van der Waals surface area contributed by atoms with E-state index in [1.54, 1.807) is 31.4 Å². The zero-order valence-electron chi connectivity index (χ0n) is 14.2. The minimum Gasteiger partial charge on any atom is -0.496 e. The summed E-state index contributed by atoms with van der Waals surface area (Å²) in [6, 6.07) is 14.2. The number of methoxy groups -OCH3 is 1. The fourth-order valence-corrected chi connectivity index (χ4v) is 2.62. The molecule has 2 N–H and O–H groups in total. The van der Waals surface area contributed by atoms with Gasteiger partial charge in [-0.15, -0.1) is 0 Å². The van der Waals surface area contributed by atoms with E-state index in [4.69, 9.17) is 9.47 Å². The normalized spacial score (nSPS) is 13.0. The fourth-order valence-electron chi connectivity index (χ4n) is 2.62. The number of amides is 1. The Hall–Kier alpha value is -2.53. The van der Waals surface area contributed by atoms with Crippen molar-refractivity contribution in [2.24, 2.45) is 0 Å². The van der Waals surface area contributed by atoms with Crippen molar-refractivity contribution >= 4 is 6.09 Å². The predicted octanol–water partition coefficient (Wildman–Crippen LogP) is 3.45. The van der Waals surface area contributed by atoms with Gasteiger partial charge in [-0.2, -0.15) is 0 Å². The van der Waals surface area contributed by atoms with E-state index in [0.717, 1.165) is 0 Å². The first-order valence-corrected chi connectivity index (χ1v) is 7.97. The number of para-hydroxylation sites is 1. The first-order valence-electron chi connectivity index (χ1n) is 7.97. The number of rotatable bonds is 6. The van der Waals surface area contributed by atoms with Gasteiger partial charge in [0.1, 0.15) is 17.1 Å². The van der Waals surface area contributed by atoms with E-state index in [9.17, 15) is 9.90 Å². The molecule has 0 bridgehead atoms. The molecule has 0 fully saturated rings. The molecule has 0 aliphatic carbocycles. The highest BCUT2D eigenvalue weighted by Crippen LogP contribution is 2.38. The van der Waals surface area contributed by atoms with Crippen LogP contribution in [0.3, 0.4) is 0 Å². The van der Waals surface area contributed by atoms with Crippen molar-refractivity contribution in [1.29, 1.82) is 0 Å². The molecule has 128 valence electrons. The molecular formula is C19H23NO4. The second kappa shape index (κ2) is 7.84. The molecule has 2 rings (SSSR count). The summed E-state index contributed by atoms with van der Waals surface area (Å²) in [6.45, 7) is 4.23. The van der Waals surface area contributed by atoms with Crippen molar-refractivity contribution < 1.29 is 19.4 Å². The van der Waals surface area contributed by atoms with Gasteiger partial charge in [0.15, 0.2) is 0 Å². The number of carbonyl (C=O) groups is 1. The van der Waals surface area contributed by atoms with Crippen molar-refractivity contribution in [2.75, 3.05) is 13.7 Å². The lowest BCUT2D eigenvalue weighted by molar-refractivity contribution is 0.0736. The maximum atomic E-state index is 11.5. The highest BCUT2D eigenvalue weighted by molar-refractivity contribution is 5.70. The van der Waals surface area contributed by atoms with Crippen LogP contribution in [-0.2, 0) is 5.60 Å². The standard InChI is InChI=1S/C19H23NO4/c1-4-19(22,16-8-6-7-9-17(16)23-3)14-10-12-15(13-11-14)24-18(21)20-5-2/h6-13,22H,4-5H2,1-3H3,(H,20,21). The van der Waals surface area contributed by atoms with Crippen molar-refractivity contribution in [3.8, 4) is 11.5 Å². The minimum absolute atomic E-state index is 0.420. The summed E-state index contributed by atoms with van der Waals surface area (Å²) in [7, 11) is 1.58. The Morgan fingerprint density at radius 1 is 1.12 bits per heavy atom. The van der Waals surface area contributed by atoms with Gasteiger partial charge in [0.25, 0.3) is 0 Å². The highest BCUT2D eigenvalue weighted by Gasteiger charge is 2.32. The Balaban J connectivity index is 2.32. The summed E-state index contributed by atoms with van der Waals surface area (Å²) < 4.78 is 10.5. The quantitative estimate of drug-likeness (QED) is 0.852. The number of nitrogens with one attached hydrogen (secondary N) is 1. The predicted molar refractivity (Wildman–Crippen MR) is 92.4 cm³/mol. The van der Waals surface area contributed by atoms with E-state index < -0.39 is 11.7 Å². The van der Waals surface area contributed by atoms with E-state index in [-0.39, 0.29) is 0 Å². The van der Waals surface area contributed by atoms with Crippen LogP contribution in [0.4, 0.5) is 4.79 Å². The molecule has 1 unspecified atom stereocenters. The van der Waals surface area contributed by atoms with Crippen LogP contribution in [0.2, 0.25) is 0 Å². The second-order valence-electron chi connectivity index (χ2n) is 5.36. The molecular weight excluding hydrogens is 306 g/mol. The topological polar surface area (TPSA) is 67.8 Å². The Morgan fingerprint density at radius 2 is 1.79 bits per heavy atom. The Bertz CT molecular complexity index is 684. The Labute approximate surface area is 142 Å². The molecule has 5 heteroatoms. The number of hydrogen-bond donors (Lipinski definition) is 2. The lowest BCUT2D eigenvalue weighted by Crippen LogP contribution is -2.27. The molecule has 0 saturated heterocycles. The summed E-state index contributed by atoms with van der Waals surface area (Å²) in [6.07, 6.45) is -0.0232. The van der Waals surface area contributed by atoms with Crippen LogP contribution < -0.4 is 14.8 Å². The molecule has 1 atom stereocenters. The van der Waals surface area contributed by atoms with Gasteiger partial charge in [0.2, 0.25) is 0 Å². The van der Waals surface area contributed by atoms with Gasteiger partial charge in [-0.25, -0.2) is 4.79 Å². The van der Waals surface area contributed by atoms with Crippen molar-refractivity contribution in [2.45, 2.75) is 25.9 Å². The average molecular weight is 329 g/mol. The lowest BCUT2D eigenvalue weighted by atomic mass is 9.83. The monoisotopic (exact) mass is 329 g/mol. The molecule has 5 nitrogen and oxygen atoms in total. The molecule has 24 heavy (non-hydrogen) atoms. The van der Waals surface area contributed by atoms with Gasteiger partial charge in [-0.1, -0.05) is 37.3 Å². The van der Waals surface area contributed by atoms with Gasteiger partial charge in [-0.05, 0) is 37.1 Å². The third-order valence-electron chi connectivity index (χ3n) is 3.93. The van der Waals surface area contributed by atoms with E-state index in [2.05, 4.69) is 5.32 Å². The van der Waals surface area contributed by atoms with Gasteiger partial charge >= 0.3 is 6.09 Å². The van der Waals surface area contributed by atoms with Gasteiger partial charge in [-0.3, -0.25) is 0 Å². The van der Waals surface area contributed by atoms with Gasteiger partial charge in [0, 0.05) is 12.1 Å². The van der Waals surface area contributed by atoms with Crippen LogP contribution in [0.5, 0.6) is 11.5 Å². The van der Waals surface area contributed by atoms with Crippen molar-refractivity contribution in [3.05, 3.63) is 59.7 Å². The van der Waals surface area contributed by atoms with Crippen LogP contribution in [0.25, 0.3) is 0 Å². The Morgan fingerprint density at radius 3 is 2.38 bits per heavy atom. The van der Waals surface area contributed by atoms with E-state index in [0.29, 0.717) is 35.6 Å². The smallest absolute Gasteiger partial charge is 0.412 e. The molecule has 2 aromatic carbocycles.